The predicted octanol–water partition coefficient (Wildman–Crippen LogP) is 2.84. The number of ether oxygens (including phenoxy) is 1. The highest BCUT2D eigenvalue weighted by Crippen LogP contribution is 2.18. The molecule has 5 nitrogen and oxygen atoms in total. The van der Waals surface area contributed by atoms with E-state index >= 15 is 0 Å². The molecule has 23 heavy (non-hydrogen) atoms. The van der Waals surface area contributed by atoms with E-state index in [2.05, 4.69) is 0 Å². The molecule has 1 amide bonds. The zero-order valence-electron chi connectivity index (χ0n) is 13.2. The van der Waals surface area contributed by atoms with Crippen LogP contribution in [-0.2, 0) is 9.59 Å². The molecule has 0 radical (unpaired) electrons. The van der Waals surface area contributed by atoms with E-state index in [1.165, 1.54) is 11.0 Å². The van der Waals surface area contributed by atoms with Crippen LogP contribution in [0.15, 0.2) is 18.2 Å². The van der Waals surface area contributed by atoms with Crippen molar-refractivity contribution in [2.24, 2.45) is 0 Å². The maximum Gasteiger partial charge on any atom is 0.323 e. The van der Waals surface area contributed by atoms with Crippen LogP contribution >= 0.6 is 0 Å². The van der Waals surface area contributed by atoms with E-state index in [-0.39, 0.29) is 37.3 Å². The van der Waals surface area contributed by atoms with Crippen molar-refractivity contribution >= 4 is 11.9 Å². The van der Waals surface area contributed by atoms with Crippen molar-refractivity contribution in [1.82, 2.24) is 4.90 Å². The van der Waals surface area contributed by atoms with E-state index in [9.17, 15) is 18.4 Å². The van der Waals surface area contributed by atoms with Gasteiger partial charge in [-0.25, -0.2) is 8.78 Å². The van der Waals surface area contributed by atoms with E-state index < -0.39 is 17.6 Å². The Morgan fingerprint density at radius 2 is 2.04 bits per heavy atom. The van der Waals surface area contributed by atoms with E-state index in [1.54, 1.807) is 6.92 Å². The molecule has 0 saturated heterocycles. The summed E-state index contributed by atoms with van der Waals surface area (Å²) in [7, 11) is 0. The molecule has 0 saturated carbocycles. The van der Waals surface area contributed by atoms with Crippen LogP contribution in [0.25, 0.3) is 0 Å². The van der Waals surface area contributed by atoms with Crippen LogP contribution in [0.2, 0.25) is 0 Å². The fourth-order valence-corrected chi connectivity index (χ4v) is 2.00. The molecule has 1 unspecified atom stereocenters. The largest absolute Gasteiger partial charge is 0.491 e. The average Bonchev–Trinajstić information content (AvgIpc) is 2.49. The summed E-state index contributed by atoms with van der Waals surface area (Å²) in [6.45, 7) is 3.38. The molecule has 0 aliphatic carbocycles. The fourth-order valence-electron chi connectivity index (χ4n) is 2.00. The minimum absolute atomic E-state index is 0.0791. The Balaban J connectivity index is 2.46. The molecular formula is C16H21F2NO4. The van der Waals surface area contributed by atoms with Gasteiger partial charge < -0.3 is 14.7 Å². The van der Waals surface area contributed by atoms with Gasteiger partial charge in [0.15, 0.2) is 11.6 Å². The van der Waals surface area contributed by atoms with Crippen molar-refractivity contribution in [3.05, 3.63) is 29.8 Å². The second-order valence-corrected chi connectivity index (χ2v) is 5.20. The first-order valence-electron chi connectivity index (χ1n) is 7.44. The van der Waals surface area contributed by atoms with Crippen molar-refractivity contribution in [2.45, 2.75) is 39.2 Å². The third-order valence-electron chi connectivity index (χ3n) is 3.44. The first-order valence-corrected chi connectivity index (χ1v) is 7.44. The van der Waals surface area contributed by atoms with Gasteiger partial charge in [-0.3, -0.25) is 9.59 Å². The minimum Gasteiger partial charge on any atom is -0.491 e. The number of rotatable bonds is 9. The van der Waals surface area contributed by atoms with E-state index in [0.717, 1.165) is 12.1 Å². The number of carbonyl (C=O) groups is 2. The summed E-state index contributed by atoms with van der Waals surface area (Å²) in [6, 6.07) is 2.82. The van der Waals surface area contributed by atoms with E-state index in [0.29, 0.717) is 12.8 Å². The maximum absolute atomic E-state index is 13.4. The van der Waals surface area contributed by atoms with Crippen molar-refractivity contribution < 1.29 is 28.2 Å². The lowest BCUT2D eigenvalue weighted by atomic mass is 10.2. The normalized spacial score (nSPS) is 11.8. The quantitative estimate of drug-likeness (QED) is 0.708. The summed E-state index contributed by atoms with van der Waals surface area (Å²) in [6.07, 6.45) is 1.05. The van der Waals surface area contributed by atoms with Gasteiger partial charge >= 0.3 is 5.97 Å². The Morgan fingerprint density at radius 1 is 1.35 bits per heavy atom. The molecule has 1 atom stereocenters. The molecule has 1 aromatic carbocycles. The monoisotopic (exact) mass is 329 g/mol. The Kier molecular flexibility index (Phi) is 7.44. The van der Waals surface area contributed by atoms with Crippen molar-refractivity contribution in [3.8, 4) is 5.75 Å². The Bertz CT molecular complexity index is 551. The number of benzene rings is 1. The number of hydrogen-bond donors (Lipinski definition) is 1. The molecule has 0 heterocycles. The Labute approximate surface area is 133 Å². The van der Waals surface area contributed by atoms with Gasteiger partial charge in [0.25, 0.3) is 0 Å². The fraction of sp³-hybridized carbons (Fsp3) is 0.500. The second-order valence-electron chi connectivity index (χ2n) is 5.20. The van der Waals surface area contributed by atoms with Gasteiger partial charge in [0.05, 0.1) is 6.61 Å². The third kappa shape index (κ3) is 6.22. The zero-order valence-corrected chi connectivity index (χ0v) is 13.2. The van der Waals surface area contributed by atoms with Crippen LogP contribution in [0.1, 0.15) is 33.1 Å². The molecular weight excluding hydrogens is 308 g/mol. The topological polar surface area (TPSA) is 66.8 Å². The SMILES string of the molecule is CCC(C)N(CC(=O)O)C(=O)CCCOc1ccc(F)cc1F. The lowest BCUT2D eigenvalue weighted by Crippen LogP contribution is -2.41. The van der Waals surface area contributed by atoms with Crippen molar-refractivity contribution in [2.75, 3.05) is 13.2 Å². The first-order chi connectivity index (χ1) is 10.8. The maximum atomic E-state index is 13.4. The van der Waals surface area contributed by atoms with Gasteiger partial charge in [0.1, 0.15) is 12.4 Å². The van der Waals surface area contributed by atoms with Crippen molar-refractivity contribution in [1.29, 1.82) is 0 Å². The van der Waals surface area contributed by atoms with E-state index in [4.69, 9.17) is 9.84 Å². The number of amides is 1. The summed E-state index contributed by atoms with van der Waals surface area (Å²) in [4.78, 5) is 24.2. The summed E-state index contributed by atoms with van der Waals surface area (Å²) < 4.78 is 31.3. The standard InChI is InChI=1S/C16H21F2NO4/c1-3-11(2)19(10-16(21)22)15(20)5-4-8-23-14-7-6-12(17)9-13(14)18/h6-7,9,11H,3-5,8,10H2,1-2H3,(H,21,22). The molecule has 1 rings (SSSR count). The molecule has 0 fully saturated rings. The smallest absolute Gasteiger partial charge is 0.323 e. The number of halogens is 2. The minimum atomic E-state index is -1.07. The molecule has 0 aliphatic heterocycles. The lowest BCUT2D eigenvalue weighted by molar-refractivity contribution is -0.146. The number of nitrogens with zero attached hydrogens (tertiary/aromatic N) is 1. The number of hydrogen-bond acceptors (Lipinski definition) is 3. The molecule has 0 aliphatic rings. The van der Waals surface area contributed by atoms with Crippen LogP contribution in [0, 0.1) is 11.6 Å². The van der Waals surface area contributed by atoms with Gasteiger partial charge in [-0.15, -0.1) is 0 Å². The van der Waals surface area contributed by atoms with E-state index in [1.807, 2.05) is 6.92 Å². The van der Waals surface area contributed by atoms with Crippen LogP contribution in [0.3, 0.4) is 0 Å². The number of carboxylic acid groups (broad SMARTS) is 1. The lowest BCUT2D eigenvalue weighted by Gasteiger charge is -2.27. The van der Waals surface area contributed by atoms with Crippen LogP contribution in [0.5, 0.6) is 5.75 Å². The zero-order chi connectivity index (χ0) is 17.4. The highest BCUT2D eigenvalue weighted by molar-refractivity contribution is 5.81. The third-order valence-corrected chi connectivity index (χ3v) is 3.44. The summed E-state index contributed by atoms with van der Waals surface area (Å²) in [5, 5.41) is 8.86. The average molecular weight is 329 g/mol. The molecule has 0 aromatic heterocycles. The summed E-state index contributed by atoms with van der Waals surface area (Å²) in [5.74, 6) is -2.93. The molecule has 128 valence electrons. The number of carbonyl (C=O) groups excluding carboxylic acids is 1. The Morgan fingerprint density at radius 3 is 2.61 bits per heavy atom. The van der Waals surface area contributed by atoms with Crippen LogP contribution in [-0.4, -0.2) is 41.1 Å². The Hall–Kier alpha value is -2.18. The molecule has 0 bridgehead atoms. The molecule has 1 aromatic rings. The van der Waals surface area contributed by atoms with Gasteiger partial charge in [-0.2, -0.15) is 0 Å². The second kappa shape index (κ2) is 9.07. The molecule has 0 spiro atoms. The van der Waals surface area contributed by atoms with Gasteiger partial charge in [-0.05, 0) is 31.9 Å². The van der Waals surface area contributed by atoms with Gasteiger partial charge in [0, 0.05) is 18.5 Å². The van der Waals surface area contributed by atoms with Gasteiger partial charge in [0.2, 0.25) is 5.91 Å². The number of carboxylic acids is 1. The highest BCUT2D eigenvalue weighted by atomic mass is 19.1. The highest BCUT2D eigenvalue weighted by Gasteiger charge is 2.21. The number of aliphatic carboxylic acids is 1. The molecule has 7 heteroatoms. The van der Waals surface area contributed by atoms with Crippen molar-refractivity contribution in [3.63, 3.8) is 0 Å². The predicted molar refractivity (Wildman–Crippen MR) is 80.2 cm³/mol. The van der Waals surface area contributed by atoms with Crippen LogP contribution in [0.4, 0.5) is 8.78 Å². The summed E-state index contributed by atoms with van der Waals surface area (Å²) >= 11 is 0. The summed E-state index contributed by atoms with van der Waals surface area (Å²) in [5.41, 5.74) is 0. The molecule has 1 N–H and O–H groups in total. The first kappa shape index (κ1) is 18.9. The van der Waals surface area contributed by atoms with Gasteiger partial charge in [-0.1, -0.05) is 6.92 Å². The van der Waals surface area contributed by atoms with Crippen LogP contribution < -0.4 is 4.74 Å².